The van der Waals surface area contributed by atoms with Gasteiger partial charge in [-0.1, -0.05) is 65.8 Å². The van der Waals surface area contributed by atoms with Gasteiger partial charge in [-0.3, -0.25) is 0 Å². The molecule has 3 N–H and O–H groups in total. The normalized spacial score (nSPS) is 13.1. The van der Waals surface area contributed by atoms with Gasteiger partial charge in [-0.05, 0) is 85.8 Å². The summed E-state index contributed by atoms with van der Waals surface area (Å²) in [6.07, 6.45) is 6.48. The van der Waals surface area contributed by atoms with Gasteiger partial charge in [-0.25, -0.2) is 0 Å². The molecule has 2 unspecified atom stereocenters. The van der Waals surface area contributed by atoms with Crippen molar-refractivity contribution >= 4 is 11.4 Å². The van der Waals surface area contributed by atoms with Gasteiger partial charge in [0.25, 0.3) is 0 Å². The number of hydrogen-bond donors (Lipinski definition) is 3. The quantitative estimate of drug-likeness (QED) is 0.291. The Morgan fingerprint density at radius 2 is 0.818 bits per heavy atom. The van der Waals surface area contributed by atoms with Gasteiger partial charge >= 0.3 is 0 Å². The molecule has 0 saturated heterocycles. The summed E-state index contributed by atoms with van der Waals surface area (Å²) in [5.41, 5.74) is 11.4. The highest BCUT2D eigenvalue weighted by atomic mass is 15.0. The molecule has 3 nitrogen and oxygen atoms in total. The highest BCUT2D eigenvalue weighted by Crippen LogP contribution is 2.27. The summed E-state index contributed by atoms with van der Waals surface area (Å²) in [5, 5.41) is 11.3. The topological polar surface area (TPSA) is 36.1 Å². The zero-order chi connectivity index (χ0) is 24.4. The predicted molar refractivity (Wildman–Crippen MR) is 148 cm³/mol. The van der Waals surface area contributed by atoms with E-state index in [2.05, 4.69) is 95.6 Å². The van der Waals surface area contributed by atoms with Crippen molar-refractivity contribution in [2.24, 2.45) is 0 Å². The molecule has 0 bridgehead atoms. The standard InChI is InChI=1S/C30H49N3/c1-9-23-15-25(11-3)29(26(12-4)16-23)32-21(7)19-31-20-22(8)33-30-27(13-5)17-24(10-2)18-28(30)14-6/h15-18,21-22,31-33H,9-14,19-20H2,1-8H3. The van der Waals surface area contributed by atoms with Crippen LogP contribution in [0.1, 0.15) is 88.8 Å². The molecule has 2 rings (SSSR count). The number of anilines is 2. The lowest BCUT2D eigenvalue weighted by Crippen LogP contribution is -2.37. The van der Waals surface area contributed by atoms with E-state index in [1.54, 1.807) is 0 Å². The first-order valence-corrected chi connectivity index (χ1v) is 13.4. The molecule has 0 fully saturated rings. The third kappa shape index (κ3) is 7.50. The molecule has 0 radical (unpaired) electrons. The lowest BCUT2D eigenvalue weighted by Gasteiger charge is -2.24. The molecule has 2 atom stereocenters. The van der Waals surface area contributed by atoms with Crippen LogP contribution in [0.4, 0.5) is 11.4 Å². The maximum Gasteiger partial charge on any atom is 0.0407 e. The van der Waals surface area contributed by atoms with Crippen LogP contribution in [0, 0.1) is 0 Å². The third-order valence-electron chi connectivity index (χ3n) is 6.75. The summed E-state index contributed by atoms with van der Waals surface area (Å²) in [4.78, 5) is 0. The van der Waals surface area contributed by atoms with E-state index in [1.807, 2.05) is 0 Å². The zero-order valence-electron chi connectivity index (χ0n) is 22.6. The molecule has 0 aliphatic carbocycles. The van der Waals surface area contributed by atoms with Crippen LogP contribution in [0.3, 0.4) is 0 Å². The monoisotopic (exact) mass is 451 g/mol. The van der Waals surface area contributed by atoms with Crippen LogP contribution in [0.25, 0.3) is 0 Å². The van der Waals surface area contributed by atoms with E-state index >= 15 is 0 Å². The van der Waals surface area contributed by atoms with Crippen LogP contribution in [0.2, 0.25) is 0 Å². The second-order valence-corrected chi connectivity index (χ2v) is 9.45. The SMILES string of the molecule is CCc1cc(CC)c(NC(C)CNCC(C)Nc2c(CC)cc(CC)cc2CC)c(CC)c1. The van der Waals surface area contributed by atoms with E-state index < -0.39 is 0 Å². The second kappa shape index (κ2) is 13.6. The molecule has 0 aromatic heterocycles. The number of benzene rings is 2. The van der Waals surface area contributed by atoms with Gasteiger partial charge in [0, 0.05) is 36.5 Å². The number of hydrogen-bond acceptors (Lipinski definition) is 3. The molecule has 33 heavy (non-hydrogen) atoms. The van der Waals surface area contributed by atoms with E-state index in [1.165, 1.54) is 44.8 Å². The van der Waals surface area contributed by atoms with Crippen LogP contribution >= 0.6 is 0 Å². The van der Waals surface area contributed by atoms with Gasteiger partial charge < -0.3 is 16.0 Å². The Bertz CT molecular complexity index is 749. The molecule has 0 heterocycles. The number of nitrogens with one attached hydrogen (secondary N) is 3. The summed E-state index contributed by atoms with van der Waals surface area (Å²) in [6.45, 7) is 20.0. The second-order valence-electron chi connectivity index (χ2n) is 9.45. The van der Waals surface area contributed by atoms with Gasteiger partial charge in [0.1, 0.15) is 0 Å². The molecule has 0 aliphatic rings. The van der Waals surface area contributed by atoms with Crippen molar-refractivity contribution in [3.05, 3.63) is 57.6 Å². The average molecular weight is 452 g/mol. The average Bonchev–Trinajstić information content (AvgIpc) is 2.83. The molecule has 2 aromatic rings. The van der Waals surface area contributed by atoms with Crippen molar-refractivity contribution in [3.63, 3.8) is 0 Å². The Balaban J connectivity index is 1.97. The fourth-order valence-electron chi connectivity index (χ4n) is 4.69. The maximum absolute atomic E-state index is 3.82. The van der Waals surface area contributed by atoms with Crippen molar-refractivity contribution in [1.82, 2.24) is 5.32 Å². The lowest BCUT2D eigenvalue weighted by molar-refractivity contribution is 0.596. The molecule has 3 heteroatoms. The van der Waals surface area contributed by atoms with Gasteiger partial charge in [-0.15, -0.1) is 0 Å². The summed E-state index contributed by atoms with van der Waals surface area (Å²) in [7, 11) is 0. The van der Waals surface area contributed by atoms with Crippen LogP contribution in [0.15, 0.2) is 24.3 Å². The van der Waals surface area contributed by atoms with Gasteiger partial charge in [0.05, 0.1) is 0 Å². The summed E-state index contributed by atoms with van der Waals surface area (Å²) in [6, 6.07) is 10.3. The highest BCUT2D eigenvalue weighted by molar-refractivity contribution is 5.61. The van der Waals surface area contributed by atoms with Gasteiger partial charge in [-0.2, -0.15) is 0 Å². The minimum atomic E-state index is 0.376. The van der Waals surface area contributed by atoms with Crippen molar-refractivity contribution < 1.29 is 0 Å². The number of rotatable bonds is 14. The van der Waals surface area contributed by atoms with Crippen LogP contribution in [-0.2, 0) is 38.5 Å². The Hall–Kier alpha value is -2.00. The van der Waals surface area contributed by atoms with Crippen molar-refractivity contribution in [1.29, 1.82) is 0 Å². The molecule has 0 amide bonds. The van der Waals surface area contributed by atoms with Crippen LogP contribution in [0.5, 0.6) is 0 Å². The molecule has 0 aliphatic heterocycles. The predicted octanol–water partition coefficient (Wildman–Crippen LogP) is 6.95. The van der Waals surface area contributed by atoms with Crippen molar-refractivity contribution in [3.8, 4) is 0 Å². The molecule has 0 spiro atoms. The van der Waals surface area contributed by atoms with E-state index in [9.17, 15) is 0 Å². The summed E-state index contributed by atoms with van der Waals surface area (Å²) < 4.78 is 0. The van der Waals surface area contributed by atoms with E-state index in [-0.39, 0.29) is 0 Å². The smallest absolute Gasteiger partial charge is 0.0407 e. The fraction of sp³-hybridized carbons (Fsp3) is 0.600. The minimum absolute atomic E-state index is 0.376. The molecule has 2 aromatic carbocycles. The molecule has 0 saturated carbocycles. The maximum atomic E-state index is 3.82. The Morgan fingerprint density at radius 1 is 0.515 bits per heavy atom. The number of aryl methyl sites for hydroxylation is 6. The minimum Gasteiger partial charge on any atom is -0.381 e. The molecule has 184 valence electrons. The first-order chi connectivity index (χ1) is 15.9. The third-order valence-corrected chi connectivity index (χ3v) is 6.75. The van der Waals surface area contributed by atoms with Crippen LogP contribution in [-0.4, -0.2) is 25.2 Å². The summed E-state index contributed by atoms with van der Waals surface area (Å²) >= 11 is 0. The van der Waals surface area contributed by atoms with Crippen molar-refractivity contribution in [2.45, 2.75) is 106 Å². The van der Waals surface area contributed by atoms with Gasteiger partial charge in [0.2, 0.25) is 0 Å². The Labute approximate surface area is 204 Å². The van der Waals surface area contributed by atoms with Gasteiger partial charge in [0.15, 0.2) is 0 Å². The Kier molecular flexibility index (Phi) is 11.3. The highest BCUT2D eigenvalue weighted by Gasteiger charge is 2.14. The van der Waals surface area contributed by atoms with E-state index in [4.69, 9.17) is 0 Å². The zero-order valence-corrected chi connectivity index (χ0v) is 22.6. The molecular weight excluding hydrogens is 402 g/mol. The fourth-order valence-corrected chi connectivity index (χ4v) is 4.69. The van der Waals surface area contributed by atoms with E-state index in [0.29, 0.717) is 12.1 Å². The van der Waals surface area contributed by atoms with Crippen LogP contribution < -0.4 is 16.0 Å². The lowest BCUT2D eigenvalue weighted by atomic mass is 9.97. The first-order valence-electron chi connectivity index (χ1n) is 13.4. The van der Waals surface area contributed by atoms with E-state index in [0.717, 1.165) is 51.6 Å². The van der Waals surface area contributed by atoms with Crippen molar-refractivity contribution in [2.75, 3.05) is 23.7 Å². The largest absolute Gasteiger partial charge is 0.381 e. The summed E-state index contributed by atoms with van der Waals surface area (Å²) in [5.74, 6) is 0. The first kappa shape index (κ1) is 27.2. The Morgan fingerprint density at radius 3 is 1.06 bits per heavy atom. The molecular formula is C30H49N3.